The zero-order valence-corrected chi connectivity index (χ0v) is 20.5. The standard InChI is InChI=1S/C21H24ClN7O4S/c1-12-6-14-9-21(8-12,19-26-25-17(33-19)10-34(3,31)32)29(14)20(30)24-13-4-5-16(22)15(7-13)18-23-11-28(2)27-18/h4-5,7,11-12,14H,6,8-10H2,1-3H3,(H,24,30)/t12-,14-,21+/m1/s1. The summed E-state index contributed by atoms with van der Waals surface area (Å²) in [5.41, 5.74) is 0.398. The first-order valence-corrected chi connectivity index (χ1v) is 13.2. The molecule has 2 saturated heterocycles. The molecule has 6 rings (SSSR count). The summed E-state index contributed by atoms with van der Waals surface area (Å²) in [5.74, 6) is 0.776. The lowest BCUT2D eigenvalue weighted by molar-refractivity contribution is -0.110. The molecule has 3 aromatic rings. The molecule has 1 aromatic carbocycles. The smallest absolute Gasteiger partial charge is 0.323 e. The quantitative estimate of drug-likeness (QED) is 0.558. The minimum Gasteiger partial charge on any atom is -0.422 e. The van der Waals surface area contributed by atoms with Crippen LogP contribution >= 0.6 is 11.6 Å². The Morgan fingerprint density at radius 1 is 1.32 bits per heavy atom. The van der Waals surface area contributed by atoms with Crippen molar-refractivity contribution >= 4 is 33.2 Å². The number of urea groups is 1. The summed E-state index contributed by atoms with van der Waals surface area (Å²) in [6, 6.07) is 4.87. The molecule has 13 heteroatoms. The van der Waals surface area contributed by atoms with E-state index in [0.29, 0.717) is 40.9 Å². The van der Waals surface area contributed by atoms with Crippen molar-refractivity contribution in [3.63, 3.8) is 0 Å². The van der Waals surface area contributed by atoms with Gasteiger partial charge in [-0.3, -0.25) is 4.68 Å². The van der Waals surface area contributed by atoms with E-state index < -0.39 is 15.4 Å². The summed E-state index contributed by atoms with van der Waals surface area (Å²) in [6.07, 6.45) is 4.89. The van der Waals surface area contributed by atoms with E-state index in [1.807, 2.05) is 0 Å². The molecule has 3 aliphatic rings. The fraction of sp³-hybridized carbons (Fsp3) is 0.476. The third-order valence-corrected chi connectivity index (χ3v) is 7.39. The first kappa shape index (κ1) is 22.8. The molecule has 1 saturated carbocycles. The summed E-state index contributed by atoms with van der Waals surface area (Å²) >= 11 is 6.34. The highest BCUT2D eigenvalue weighted by molar-refractivity contribution is 7.89. The fourth-order valence-corrected chi connectivity index (χ4v) is 5.86. The SMILES string of the molecule is C[C@@H]1C[C@@H]2C[C@](c3nnc(CS(C)(=O)=O)o3)(C1)N2C(=O)Nc1ccc(Cl)c(-c2ncn(C)n2)c1. The van der Waals surface area contributed by atoms with E-state index in [2.05, 4.69) is 32.5 Å². The number of sulfone groups is 1. The molecule has 1 N–H and O–H groups in total. The van der Waals surface area contributed by atoms with Crippen molar-refractivity contribution in [2.75, 3.05) is 11.6 Å². The number of halogens is 1. The maximum Gasteiger partial charge on any atom is 0.323 e. The van der Waals surface area contributed by atoms with Gasteiger partial charge in [0.15, 0.2) is 15.7 Å². The fourth-order valence-electron chi connectivity index (χ4n) is 5.09. The Morgan fingerprint density at radius 3 is 2.82 bits per heavy atom. The number of rotatable bonds is 5. The highest BCUT2D eigenvalue weighted by Crippen LogP contribution is 2.55. The number of benzene rings is 1. The summed E-state index contributed by atoms with van der Waals surface area (Å²) < 4.78 is 30.6. The normalized spacial score (nSPS) is 24.1. The Kier molecular flexibility index (Phi) is 5.40. The average Bonchev–Trinajstić information content (AvgIpc) is 3.36. The Labute approximate surface area is 201 Å². The van der Waals surface area contributed by atoms with Crippen LogP contribution in [0.3, 0.4) is 0 Å². The van der Waals surface area contributed by atoms with E-state index in [9.17, 15) is 13.2 Å². The Balaban J connectivity index is 1.41. The molecule has 1 aliphatic carbocycles. The van der Waals surface area contributed by atoms with Crippen LogP contribution in [-0.2, 0) is 28.2 Å². The van der Waals surface area contributed by atoms with Gasteiger partial charge in [-0.15, -0.1) is 10.2 Å². The van der Waals surface area contributed by atoms with Gasteiger partial charge in [-0.05, 0) is 37.0 Å². The molecule has 3 fully saturated rings. The van der Waals surface area contributed by atoms with Crippen LogP contribution in [0, 0.1) is 5.92 Å². The number of carbonyl (C=O) groups excluding carboxylic acids is 1. The van der Waals surface area contributed by atoms with Crippen molar-refractivity contribution in [1.29, 1.82) is 0 Å². The second kappa shape index (κ2) is 8.05. The number of hydrogen-bond donors (Lipinski definition) is 1. The molecule has 34 heavy (non-hydrogen) atoms. The average molecular weight is 506 g/mol. The van der Waals surface area contributed by atoms with Crippen molar-refractivity contribution in [3.8, 4) is 11.4 Å². The highest BCUT2D eigenvalue weighted by atomic mass is 35.5. The van der Waals surface area contributed by atoms with Crippen molar-refractivity contribution < 1.29 is 17.6 Å². The van der Waals surface area contributed by atoms with Gasteiger partial charge < -0.3 is 14.6 Å². The van der Waals surface area contributed by atoms with Crippen LogP contribution in [0.2, 0.25) is 5.02 Å². The van der Waals surface area contributed by atoms with E-state index >= 15 is 0 Å². The predicted molar refractivity (Wildman–Crippen MR) is 124 cm³/mol. The minimum atomic E-state index is -3.32. The zero-order valence-electron chi connectivity index (χ0n) is 18.9. The van der Waals surface area contributed by atoms with Gasteiger partial charge in [-0.25, -0.2) is 18.2 Å². The Hall–Kier alpha value is -2.99. The van der Waals surface area contributed by atoms with E-state index in [4.69, 9.17) is 16.0 Å². The van der Waals surface area contributed by atoms with Crippen LogP contribution in [0.4, 0.5) is 10.5 Å². The number of amides is 2. The molecule has 0 spiro atoms. The maximum atomic E-state index is 13.4. The number of fused-ring (bicyclic) bond motifs is 2. The van der Waals surface area contributed by atoms with Gasteiger partial charge in [0, 0.05) is 37.0 Å². The predicted octanol–water partition coefficient (Wildman–Crippen LogP) is 2.99. The lowest BCUT2D eigenvalue weighted by atomic mass is 9.64. The van der Waals surface area contributed by atoms with Gasteiger partial charge in [0.1, 0.15) is 17.6 Å². The molecule has 0 radical (unpaired) electrons. The number of aromatic nitrogens is 5. The molecular weight excluding hydrogens is 482 g/mol. The van der Waals surface area contributed by atoms with Gasteiger partial charge in [0.25, 0.3) is 0 Å². The third kappa shape index (κ3) is 4.05. The van der Waals surface area contributed by atoms with Crippen LogP contribution in [0.5, 0.6) is 0 Å². The largest absolute Gasteiger partial charge is 0.422 e. The van der Waals surface area contributed by atoms with Crippen molar-refractivity contribution in [2.24, 2.45) is 13.0 Å². The molecule has 2 bridgehead atoms. The second-order valence-electron chi connectivity index (χ2n) is 9.24. The Bertz CT molecular complexity index is 1370. The van der Waals surface area contributed by atoms with Gasteiger partial charge in [-0.1, -0.05) is 18.5 Å². The molecular formula is C21H24ClN7O4S. The van der Waals surface area contributed by atoms with Crippen molar-refractivity contribution in [3.05, 3.63) is 41.3 Å². The number of nitrogens with zero attached hydrogens (tertiary/aromatic N) is 6. The van der Waals surface area contributed by atoms with E-state index in [-0.39, 0.29) is 29.6 Å². The summed E-state index contributed by atoms with van der Waals surface area (Å²) in [6.45, 7) is 2.12. The Morgan fingerprint density at radius 2 is 2.12 bits per heavy atom. The lowest BCUT2D eigenvalue weighted by Gasteiger charge is -2.61. The number of aryl methyl sites for hydroxylation is 1. The van der Waals surface area contributed by atoms with Crippen molar-refractivity contribution in [2.45, 2.75) is 43.5 Å². The van der Waals surface area contributed by atoms with Gasteiger partial charge >= 0.3 is 6.03 Å². The monoisotopic (exact) mass is 505 g/mol. The third-order valence-electron chi connectivity index (χ3n) is 6.29. The van der Waals surface area contributed by atoms with Gasteiger partial charge in [0.2, 0.25) is 11.8 Å². The highest BCUT2D eigenvalue weighted by Gasteiger charge is 2.62. The van der Waals surface area contributed by atoms with Gasteiger partial charge in [0.05, 0.1) is 5.02 Å². The molecule has 3 atom stereocenters. The zero-order chi connectivity index (χ0) is 24.3. The van der Waals surface area contributed by atoms with E-state index in [0.717, 1.165) is 12.7 Å². The number of nitrogens with one attached hydrogen (secondary N) is 1. The maximum absolute atomic E-state index is 13.4. The number of piperidine rings is 1. The lowest BCUT2D eigenvalue weighted by Crippen LogP contribution is -2.70. The summed E-state index contributed by atoms with van der Waals surface area (Å²) in [7, 11) is -1.56. The van der Waals surface area contributed by atoms with Crippen LogP contribution in [0.15, 0.2) is 28.9 Å². The molecule has 11 nitrogen and oxygen atoms in total. The molecule has 2 aliphatic heterocycles. The molecule has 180 valence electrons. The second-order valence-corrected chi connectivity index (χ2v) is 11.8. The van der Waals surface area contributed by atoms with Crippen molar-refractivity contribution in [1.82, 2.24) is 29.9 Å². The first-order chi connectivity index (χ1) is 16.0. The van der Waals surface area contributed by atoms with Gasteiger partial charge in [-0.2, -0.15) is 5.10 Å². The number of hydrogen-bond acceptors (Lipinski definition) is 8. The van der Waals surface area contributed by atoms with E-state index in [1.165, 1.54) is 0 Å². The molecule has 4 heterocycles. The minimum absolute atomic E-state index is 0.0261. The first-order valence-electron chi connectivity index (χ1n) is 10.8. The van der Waals surface area contributed by atoms with E-state index in [1.54, 1.807) is 41.2 Å². The number of carbonyl (C=O) groups is 1. The molecule has 2 amide bonds. The topological polar surface area (TPSA) is 136 Å². The number of anilines is 1. The van der Waals surface area contributed by atoms with Crippen LogP contribution in [0.1, 0.15) is 38.0 Å². The molecule has 0 unspecified atom stereocenters. The van der Waals surface area contributed by atoms with Crippen LogP contribution in [0.25, 0.3) is 11.4 Å². The summed E-state index contributed by atoms with van der Waals surface area (Å²) in [5, 5.41) is 15.8. The van der Waals surface area contributed by atoms with Crippen LogP contribution < -0.4 is 5.32 Å². The molecule has 2 aromatic heterocycles. The summed E-state index contributed by atoms with van der Waals surface area (Å²) in [4.78, 5) is 19.4. The van der Waals surface area contributed by atoms with Crippen LogP contribution in [-0.4, -0.2) is 56.6 Å².